The van der Waals surface area contributed by atoms with Gasteiger partial charge in [0.1, 0.15) is 11.6 Å². The lowest BCUT2D eigenvalue weighted by Gasteiger charge is -2.09. The Kier molecular flexibility index (Phi) is 5.84. The Morgan fingerprint density at radius 2 is 1.83 bits per heavy atom. The van der Waals surface area contributed by atoms with Gasteiger partial charge in [0.25, 0.3) is 0 Å². The van der Waals surface area contributed by atoms with Gasteiger partial charge in [0.2, 0.25) is 0 Å². The van der Waals surface area contributed by atoms with Crippen molar-refractivity contribution in [3.8, 4) is 0 Å². The highest BCUT2D eigenvalue weighted by Gasteiger charge is 2.14. The number of rotatable bonds is 5. The molecular formula is C19H23ClFN3. The molecule has 3 aromatic rings. The van der Waals surface area contributed by atoms with Crippen LogP contribution in [0.4, 0.5) is 10.2 Å². The van der Waals surface area contributed by atoms with E-state index in [2.05, 4.69) is 41.7 Å². The summed E-state index contributed by atoms with van der Waals surface area (Å²) in [6.07, 6.45) is 2.95. The Morgan fingerprint density at radius 1 is 1.12 bits per heavy atom. The minimum absolute atomic E-state index is 0. The van der Waals surface area contributed by atoms with Gasteiger partial charge < -0.3 is 9.88 Å². The molecule has 3 nitrogen and oxygen atoms in total. The Balaban J connectivity index is 0.00000208. The normalized spacial score (nSPS) is 10.7. The zero-order valence-corrected chi connectivity index (χ0v) is 15.1. The molecule has 0 saturated carbocycles. The number of pyridine rings is 1. The highest BCUT2D eigenvalue weighted by Crippen LogP contribution is 2.30. The fourth-order valence-electron chi connectivity index (χ4n) is 3.04. The van der Waals surface area contributed by atoms with Crippen LogP contribution in [0.2, 0.25) is 0 Å². The van der Waals surface area contributed by atoms with Gasteiger partial charge in [0.15, 0.2) is 0 Å². The summed E-state index contributed by atoms with van der Waals surface area (Å²) in [5.41, 5.74) is 4.81. The zero-order chi connectivity index (χ0) is 16.4. The zero-order valence-electron chi connectivity index (χ0n) is 14.3. The first-order valence-electron chi connectivity index (χ1n) is 8.04. The molecule has 0 aliphatic carbocycles. The topological polar surface area (TPSA) is 29.9 Å². The van der Waals surface area contributed by atoms with Crippen LogP contribution in [0.15, 0.2) is 36.5 Å². The average molecular weight is 348 g/mol. The number of anilines is 1. The molecule has 3 rings (SSSR count). The van der Waals surface area contributed by atoms with Crippen LogP contribution < -0.4 is 5.32 Å². The monoisotopic (exact) mass is 347 g/mol. The van der Waals surface area contributed by atoms with Gasteiger partial charge in [-0.05, 0) is 49.6 Å². The van der Waals surface area contributed by atoms with E-state index in [4.69, 9.17) is 0 Å². The summed E-state index contributed by atoms with van der Waals surface area (Å²) < 4.78 is 15.4. The maximum atomic E-state index is 13.0. The number of hydrogen-bond acceptors (Lipinski definition) is 2. The van der Waals surface area contributed by atoms with E-state index in [0.717, 1.165) is 24.3 Å². The largest absolute Gasteiger partial charge is 0.365 e. The van der Waals surface area contributed by atoms with Gasteiger partial charge in [-0.25, -0.2) is 9.37 Å². The van der Waals surface area contributed by atoms with Crippen LogP contribution in [0.3, 0.4) is 0 Å². The van der Waals surface area contributed by atoms with Gasteiger partial charge in [-0.2, -0.15) is 0 Å². The first-order chi connectivity index (χ1) is 11.1. The van der Waals surface area contributed by atoms with Crippen molar-refractivity contribution < 1.29 is 4.39 Å². The van der Waals surface area contributed by atoms with Crippen LogP contribution in [0, 0.1) is 19.7 Å². The van der Waals surface area contributed by atoms with Crippen molar-refractivity contribution in [1.29, 1.82) is 0 Å². The minimum atomic E-state index is -0.211. The van der Waals surface area contributed by atoms with E-state index in [-0.39, 0.29) is 18.2 Å². The van der Waals surface area contributed by atoms with Crippen molar-refractivity contribution in [2.75, 3.05) is 5.32 Å². The lowest BCUT2D eigenvalue weighted by Crippen LogP contribution is -2.02. The summed E-state index contributed by atoms with van der Waals surface area (Å²) in [6.45, 7) is 8.14. The predicted octanol–water partition coefficient (Wildman–Crippen LogP) is 5.24. The number of nitrogens with one attached hydrogen (secondary N) is 1. The maximum absolute atomic E-state index is 13.0. The molecule has 0 fully saturated rings. The van der Waals surface area contributed by atoms with Gasteiger partial charge in [-0.15, -0.1) is 12.4 Å². The molecule has 5 heteroatoms. The van der Waals surface area contributed by atoms with Gasteiger partial charge in [0, 0.05) is 30.4 Å². The number of aryl methyl sites for hydroxylation is 2. The van der Waals surface area contributed by atoms with Gasteiger partial charge in [0.05, 0.1) is 5.52 Å². The number of aromatic nitrogens is 2. The molecule has 0 unspecified atom stereocenters. The van der Waals surface area contributed by atoms with E-state index < -0.39 is 0 Å². The van der Waals surface area contributed by atoms with Crippen molar-refractivity contribution in [1.82, 2.24) is 9.55 Å². The molecule has 0 atom stereocenters. The van der Waals surface area contributed by atoms with Crippen LogP contribution in [0.25, 0.3) is 10.9 Å². The van der Waals surface area contributed by atoms with Crippen LogP contribution in [-0.2, 0) is 13.1 Å². The molecular weight excluding hydrogens is 325 g/mol. The molecule has 0 saturated heterocycles. The van der Waals surface area contributed by atoms with Crippen LogP contribution >= 0.6 is 12.4 Å². The molecule has 2 aromatic heterocycles. The Morgan fingerprint density at radius 3 is 2.50 bits per heavy atom. The summed E-state index contributed by atoms with van der Waals surface area (Å²) in [7, 11) is 0. The Labute approximate surface area is 148 Å². The minimum Gasteiger partial charge on any atom is -0.365 e. The fourth-order valence-corrected chi connectivity index (χ4v) is 3.04. The highest BCUT2D eigenvalue weighted by molar-refractivity contribution is 5.94. The quantitative estimate of drug-likeness (QED) is 0.684. The van der Waals surface area contributed by atoms with Crippen LogP contribution in [0.5, 0.6) is 0 Å². The second kappa shape index (κ2) is 7.67. The molecule has 24 heavy (non-hydrogen) atoms. The third-order valence-corrected chi connectivity index (χ3v) is 4.36. The molecule has 0 bridgehead atoms. The molecule has 128 valence electrons. The molecule has 2 heterocycles. The maximum Gasteiger partial charge on any atom is 0.135 e. The van der Waals surface area contributed by atoms with E-state index in [1.54, 1.807) is 12.1 Å². The van der Waals surface area contributed by atoms with Crippen LogP contribution in [0.1, 0.15) is 30.2 Å². The predicted molar refractivity (Wildman–Crippen MR) is 100 cm³/mol. The van der Waals surface area contributed by atoms with E-state index in [1.165, 1.54) is 34.3 Å². The van der Waals surface area contributed by atoms with Crippen molar-refractivity contribution in [2.45, 2.75) is 40.3 Å². The van der Waals surface area contributed by atoms with E-state index >= 15 is 0 Å². The molecule has 0 aliphatic heterocycles. The molecule has 0 aliphatic rings. The lowest BCUT2D eigenvalue weighted by molar-refractivity contribution is 0.627. The van der Waals surface area contributed by atoms with Gasteiger partial charge >= 0.3 is 0 Å². The summed E-state index contributed by atoms with van der Waals surface area (Å²) in [6, 6.07) is 8.63. The van der Waals surface area contributed by atoms with Crippen molar-refractivity contribution in [3.63, 3.8) is 0 Å². The second-order valence-electron chi connectivity index (χ2n) is 5.90. The molecule has 0 amide bonds. The summed E-state index contributed by atoms with van der Waals surface area (Å²) in [5.74, 6) is 0.680. The smallest absolute Gasteiger partial charge is 0.135 e. The summed E-state index contributed by atoms with van der Waals surface area (Å²) >= 11 is 0. The molecule has 1 N–H and O–H groups in total. The number of halogens is 2. The molecule has 1 aromatic carbocycles. The number of benzene rings is 1. The Hall–Kier alpha value is -2.07. The Bertz CT molecular complexity index is 825. The summed E-state index contributed by atoms with van der Waals surface area (Å²) in [4.78, 5) is 4.52. The number of nitrogens with zero attached hydrogens (tertiary/aromatic N) is 2. The van der Waals surface area contributed by atoms with Crippen molar-refractivity contribution in [3.05, 3.63) is 59.2 Å². The van der Waals surface area contributed by atoms with E-state index in [9.17, 15) is 4.39 Å². The third-order valence-electron chi connectivity index (χ3n) is 4.36. The standard InChI is InChI=1S/C19H22FN3.ClH/c1-4-11-23-14(3)13(2)18-17(23)9-10-21-19(18)22-12-15-5-7-16(20)8-6-15;/h5-10H,4,11-12H2,1-3H3,(H,21,22);1H. The lowest BCUT2D eigenvalue weighted by atomic mass is 10.1. The highest BCUT2D eigenvalue weighted by atomic mass is 35.5. The SMILES string of the molecule is CCCn1c(C)c(C)c2c(NCc3ccc(F)cc3)nccc21.Cl. The van der Waals surface area contributed by atoms with Gasteiger partial charge in [-0.1, -0.05) is 19.1 Å². The number of hydrogen-bond donors (Lipinski definition) is 1. The van der Waals surface area contributed by atoms with Crippen molar-refractivity contribution in [2.24, 2.45) is 0 Å². The van der Waals surface area contributed by atoms with Gasteiger partial charge in [-0.3, -0.25) is 0 Å². The van der Waals surface area contributed by atoms with Crippen molar-refractivity contribution >= 4 is 29.1 Å². The molecule has 0 spiro atoms. The summed E-state index contributed by atoms with van der Waals surface area (Å²) in [5, 5.41) is 4.58. The first-order valence-corrected chi connectivity index (χ1v) is 8.04. The average Bonchev–Trinajstić information content (AvgIpc) is 2.80. The number of fused-ring (bicyclic) bond motifs is 1. The fraction of sp³-hybridized carbons (Fsp3) is 0.316. The second-order valence-corrected chi connectivity index (χ2v) is 5.90. The first kappa shape index (κ1) is 18.3. The van der Waals surface area contributed by atoms with E-state index in [1.807, 2.05) is 6.20 Å². The van der Waals surface area contributed by atoms with E-state index in [0.29, 0.717) is 6.54 Å². The molecule has 0 radical (unpaired) electrons. The third kappa shape index (κ3) is 3.39. The van der Waals surface area contributed by atoms with Crippen LogP contribution in [-0.4, -0.2) is 9.55 Å².